The molecule has 7 nitrogen and oxygen atoms in total. The monoisotopic (exact) mass is 392 g/mol. The van der Waals surface area contributed by atoms with Crippen molar-refractivity contribution in [2.24, 2.45) is 5.92 Å². The molecular formula is C21H32N2O5. The van der Waals surface area contributed by atoms with E-state index in [4.69, 9.17) is 9.47 Å². The van der Waals surface area contributed by atoms with Gasteiger partial charge in [-0.2, -0.15) is 0 Å². The van der Waals surface area contributed by atoms with Crippen LogP contribution in [0.15, 0.2) is 30.3 Å². The molecule has 0 aromatic heterocycles. The zero-order chi connectivity index (χ0) is 20.6. The smallest absolute Gasteiger partial charge is 0.408 e. The van der Waals surface area contributed by atoms with Crippen LogP contribution in [-0.2, 0) is 20.9 Å². The number of alkyl carbamates (subject to hydrolysis) is 1. The maximum Gasteiger partial charge on any atom is 0.408 e. The molecule has 1 heterocycles. The van der Waals surface area contributed by atoms with Crippen molar-refractivity contribution in [3.63, 3.8) is 0 Å². The number of hydrogen-bond donors (Lipinski definition) is 2. The van der Waals surface area contributed by atoms with Crippen LogP contribution < -0.4 is 5.32 Å². The molecule has 2 rings (SSSR count). The highest BCUT2D eigenvalue weighted by molar-refractivity contribution is 5.86. The van der Waals surface area contributed by atoms with E-state index in [2.05, 4.69) is 5.32 Å². The summed E-state index contributed by atoms with van der Waals surface area (Å²) in [6, 6.07) is 8.84. The van der Waals surface area contributed by atoms with Crippen LogP contribution in [0.25, 0.3) is 0 Å². The van der Waals surface area contributed by atoms with Crippen LogP contribution in [-0.4, -0.2) is 60.0 Å². The summed E-state index contributed by atoms with van der Waals surface area (Å²) in [7, 11) is 0. The van der Waals surface area contributed by atoms with Crippen molar-refractivity contribution in [3.8, 4) is 0 Å². The largest absolute Gasteiger partial charge is 0.444 e. The predicted octanol–water partition coefficient (Wildman–Crippen LogP) is 2.33. The van der Waals surface area contributed by atoms with Gasteiger partial charge in [-0.3, -0.25) is 4.79 Å². The first kappa shape index (κ1) is 22.2. The topological polar surface area (TPSA) is 88.1 Å². The number of piperidine rings is 1. The van der Waals surface area contributed by atoms with Crippen LogP contribution in [0.4, 0.5) is 4.79 Å². The van der Waals surface area contributed by atoms with Crippen molar-refractivity contribution >= 4 is 12.0 Å². The lowest BCUT2D eigenvalue weighted by Crippen LogP contribution is -2.53. The van der Waals surface area contributed by atoms with Crippen molar-refractivity contribution in [1.29, 1.82) is 0 Å². The maximum absolute atomic E-state index is 12.9. The number of nitrogens with one attached hydrogen (secondary N) is 1. The first-order valence-corrected chi connectivity index (χ1v) is 9.79. The molecule has 1 unspecified atom stereocenters. The molecule has 1 aromatic carbocycles. The second-order valence-corrected chi connectivity index (χ2v) is 8.15. The van der Waals surface area contributed by atoms with Crippen molar-refractivity contribution in [3.05, 3.63) is 35.9 Å². The summed E-state index contributed by atoms with van der Waals surface area (Å²) in [5.74, 6) is 0.0472. The van der Waals surface area contributed by atoms with Gasteiger partial charge in [-0.1, -0.05) is 30.3 Å². The lowest BCUT2D eigenvalue weighted by Gasteiger charge is -2.34. The standard InChI is InChI=1S/C21H32N2O5/c1-21(2,3)28-20(26)22-18(15-27-14-17-7-5-4-6-8-17)19(25)23-11-9-16(13-24)10-12-23/h4-8,16,18,24H,9-15H2,1-3H3,(H,22,26). The molecular weight excluding hydrogens is 360 g/mol. The van der Waals surface area contributed by atoms with Gasteiger partial charge in [-0.25, -0.2) is 4.79 Å². The average molecular weight is 392 g/mol. The predicted molar refractivity (Wildman–Crippen MR) is 106 cm³/mol. The van der Waals surface area contributed by atoms with Gasteiger partial charge in [0.25, 0.3) is 0 Å². The number of rotatable bonds is 7. The van der Waals surface area contributed by atoms with E-state index in [1.807, 2.05) is 30.3 Å². The van der Waals surface area contributed by atoms with Gasteiger partial charge in [0.05, 0.1) is 13.2 Å². The Kier molecular flexibility index (Phi) is 8.26. The Morgan fingerprint density at radius 1 is 1.21 bits per heavy atom. The second kappa shape index (κ2) is 10.4. The molecule has 0 spiro atoms. The number of likely N-dealkylation sites (tertiary alicyclic amines) is 1. The van der Waals surface area contributed by atoms with Crippen LogP contribution in [0.3, 0.4) is 0 Å². The number of nitrogens with zero attached hydrogens (tertiary/aromatic N) is 1. The Bertz CT molecular complexity index is 621. The number of aliphatic hydroxyl groups is 1. The highest BCUT2D eigenvalue weighted by atomic mass is 16.6. The highest BCUT2D eigenvalue weighted by Crippen LogP contribution is 2.17. The number of amides is 2. The molecule has 1 aromatic rings. The molecule has 0 aliphatic carbocycles. The number of carbonyl (C=O) groups excluding carboxylic acids is 2. The van der Waals surface area contributed by atoms with Gasteiger partial charge in [0.2, 0.25) is 5.91 Å². The highest BCUT2D eigenvalue weighted by Gasteiger charge is 2.30. The van der Waals surface area contributed by atoms with Crippen LogP contribution in [0, 0.1) is 5.92 Å². The van der Waals surface area contributed by atoms with E-state index in [1.54, 1.807) is 25.7 Å². The Morgan fingerprint density at radius 2 is 1.86 bits per heavy atom. The van der Waals surface area contributed by atoms with E-state index in [0.717, 1.165) is 18.4 Å². The summed E-state index contributed by atoms with van der Waals surface area (Å²) in [6.45, 7) is 7.01. The van der Waals surface area contributed by atoms with E-state index >= 15 is 0 Å². The Balaban J connectivity index is 1.96. The SMILES string of the molecule is CC(C)(C)OC(=O)NC(COCc1ccccc1)C(=O)N1CCC(CO)CC1. The van der Waals surface area contributed by atoms with Gasteiger partial charge in [0, 0.05) is 19.7 Å². The number of benzene rings is 1. The van der Waals surface area contributed by atoms with E-state index in [-0.39, 0.29) is 25.0 Å². The molecule has 2 amide bonds. The minimum atomic E-state index is -0.816. The molecule has 1 atom stereocenters. The summed E-state index contributed by atoms with van der Waals surface area (Å²) < 4.78 is 11.0. The number of ether oxygens (including phenoxy) is 2. The molecule has 0 saturated carbocycles. The van der Waals surface area contributed by atoms with Gasteiger partial charge in [-0.05, 0) is 45.1 Å². The van der Waals surface area contributed by atoms with Crippen molar-refractivity contribution in [2.75, 3.05) is 26.3 Å². The summed E-state index contributed by atoms with van der Waals surface area (Å²) in [5, 5.41) is 11.9. The van der Waals surface area contributed by atoms with Crippen LogP contribution in [0.2, 0.25) is 0 Å². The quantitative estimate of drug-likeness (QED) is 0.744. The van der Waals surface area contributed by atoms with Crippen LogP contribution in [0.1, 0.15) is 39.2 Å². The summed E-state index contributed by atoms with van der Waals surface area (Å²) in [4.78, 5) is 26.9. The number of aliphatic hydroxyl groups excluding tert-OH is 1. The Labute approximate surface area is 167 Å². The lowest BCUT2D eigenvalue weighted by molar-refractivity contribution is -0.136. The van der Waals surface area contributed by atoms with Crippen molar-refractivity contribution in [2.45, 2.75) is 51.9 Å². The van der Waals surface area contributed by atoms with Gasteiger partial charge in [0.15, 0.2) is 0 Å². The van der Waals surface area contributed by atoms with E-state index in [1.165, 1.54) is 0 Å². The fraction of sp³-hybridized carbons (Fsp3) is 0.619. The van der Waals surface area contributed by atoms with Crippen molar-refractivity contribution in [1.82, 2.24) is 10.2 Å². The first-order chi connectivity index (χ1) is 13.3. The third kappa shape index (κ3) is 7.48. The van der Waals surface area contributed by atoms with Gasteiger partial charge in [0.1, 0.15) is 11.6 Å². The molecule has 1 saturated heterocycles. The van der Waals surface area contributed by atoms with E-state index < -0.39 is 17.7 Å². The third-order valence-electron chi connectivity index (χ3n) is 4.57. The van der Waals surface area contributed by atoms with Crippen LogP contribution >= 0.6 is 0 Å². The molecule has 1 fully saturated rings. The fourth-order valence-electron chi connectivity index (χ4n) is 3.05. The first-order valence-electron chi connectivity index (χ1n) is 9.79. The number of hydrogen-bond acceptors (Lipinski definition) is 5. The van der Waals surface area contributed by atoms with E-state index in [9.17, 15) is 14.7 Å². The van der Waals surface area contributed by atoms with E-state index in [0.29, 0.717) is 19.7 Å². The van der Waals surface area contributed by atoms with Crippen molar-refractivity contribution < 1.29 is 24.2 Å². The molecule has 28 heavy (non-hydrogen) atoms. The zero-order valence-electron chi connectivity index (χ0n) is 17.0. The molecule has 0 radical (unpaired) electrons. The summed E-state index contributed by atoms with van der Waals surface area (Å²) >= 11 is 0. The van der Waals surface area contributed by atoms with Gasteiger partial charge in [-0.15, -0.1) is 0 Å². The minimum absolute atomic E-state index is 0.0624. The molecule has 0 bridgehead atoms. The molecule has 1 aliphatic heterocycles. The third-order valence-corrected chi connectivity index (χ3v) is 4.57. The normalized spacial score (nSPS) is 16.5. The minimum Gasteiger partial charge on any atom is -0.444 e. The Hall–Kier alpha value is -2.12. The second-order valence-electron chi connectivity index (χ2n) is 8.15. The molecule has 7 heteroatoms. The average Bonchev–Trinajstić information content (AvgIpc) is 2.66. The van der Waals surface area contributed by atoms with Gasteiger partial charge < -0.3 is 24.8 Å². The van der Waals surface area contributed by atoms with Crippen LogP contribution in [0.5, 0.6) is 0 Å². The molecule has 1 aliphatic rings. The maximum atomic E-state index is 12.9. The zero-order valence-corrected chi connectivity index (χ0v) is 17.0. The number of carbonyl (C=O) groups is 2. The molecule has 2 N–H and O–H groups in total. The summed E-state index contributed by atoms with van der Waals surface area (Å²) in [5.41, 5.74) is 0.344. The lowest BCUT2D eigenvalue weighted by atomic mass is 9.97. The summed E-state index contributed by atoms with van der Waals surface area (Å²) in [6.07, 6.45) is 0.873. The fourth-order valence-corrected chi connectivity index (χ4v) is 3.05. The molecule has 156 valence electrons. The Morgan fingerprint density at radius 3 is 2.43 bits per heavy atom. The van der Waals surface area contributed by atoms with Gasteiger partial charge >= 0.3 is 6.09 Å².